The Morgan fingerprint density at radius 3 is 3.05 bits per heavy atom. The lowest BCUT2D eigenvalue weighted by molar-refractivity contribution is 0.199. The zero-order chi connectivity index (χ0) is 13.5. The average molecular weight is 265 g/mol. The van der Waals surface area contributed by atoms with Crippen molar-refractivity contribution < 1.29 is 9.84 Å². The first kappa shape index (κ1) is 14.2. The average Bonchev–Trinajstić information content (AvgIpc) is 3.26. The van der Waals surface area contributed by atoms with Crippen LogP contribution < -0.4 is 10.2 Å². The smallest absolute Gasteiger partial charge is 0.133 e. The Labute approximate surface area is 114 Å². The van der Waals surface area contributed by atoms with Gasteiger partial charge in [0, 0.05) is 44.5 Å². The molecule has 2 rings (SSSR count). The summed E-state index contributed by atoms with van der Waals surface area (Å²) in [7, 11) is 1.70. The molecule has 1 fully saturated rings. The first-order valence-electron chi connectivity index (χ1n) is 6.88. The van der Waals surface area contributed by atoms with Crippen molar-refractivity contribution in [2.24, 2.45) is 0 Å². The van der Waals surface area contributed by atoms with Crippen LogP contribution in [0.1, 0.15) is 18.4 Å². The van der Waals surface area contributed by atoms with Gasteiger partial charge in [-0.15, -0.1) is 0 Å². The van der Waals surface area contributed by atoms with Crippen LogP contribution in [0, 0.1) is 0 Å². The van der Waals surface area contributed by atoms with Crippen molar-refractivity contribution in [2.45, 2.75) is 25.4 Å². The van der Waals surface area contributed by atoms with E-state index in [-0.39, 0.29) is 6.61 Å². The third-order valence-corrected chi connectivity index (χ3v) is 3.27. The minimum Gasteiger partial charge on any atom is -0.395 e. The molecular formula is C14H23N3O2. The molecule has 106 valence electrons. The Morgan fingerprint density at radius 1 is 1.53 bits per heavy atom. The minimum absolute atomic E-state index is 0.170. The van der Waals surface area contributed by atoms with E-state index in [1.54, 1.807) is 7.11 Å². The Bertz CT molecular complexity index is 383. The molecule has 19 heavy (non-hydrogen) atoms. The summed E-state index contributed by atoms with van der Waals surface area (Å²) in [6, 6.07) is 4.61. The van der Waals surface area contributed by atoms with Crippen molar-refractivity contribution in [3.63, 3.8) is 0 Å². The van der Waals surface area contributed by atoms with Crippen LogP contribution >= 0.6 is 0 Å². The Morgan fingerprint density at radius 2 is 2.37 bits per heavy atom. The Kier molecular flexibility index (Phi) is 5.57. The van der Waals surface area contributed by atoms with E-state index >= 15 is 0 Å². The fraction of sp³-hybridized carbons (Fsp3) is 0.643. The molecule has 0 aromatic carbocycles. The minimum atomic E-state index is 0.170. The molecule has 1 aromatic heterocycles. The van der Waals surface area contributed by atoms with Crippen LogP contribution in [0.2, 0.25) is 0 Å². The lowest BCUT2D eigenvalue weighted by atomic mass is 10.2. The molecule has 1 heterocycles. The van der Waals surface area contributed by atoms with E-state index in [1.807, 2.05) is 12.3 Å². The highest BCUT2D eigenvalue weighted by Crippen LogP contribution is 2.31. The molecule has 1 aromatic rings. The van der Waals surface area contributed by atoms with Gasteiger partial charge in [0.25, 0.3) is 0 Å². The number of pyridine rings is 1. The summed E-state index contributed by atoms with van der Waals surface area (Å²) in [6.45, 7) is 3.14. The number of rotatable bonds is 9. The molecule has 0 atom stereocenters. The van der Waals surface area contributed by atoms with Crippen LogP contribution in [0.3, 0.4) is 0 Å². The standard InChI is InChI=1S/C14H23N3O2/c1-19-10-7-15-11-12-3-2-6-16-14(12)17(8-9-18)13-4-5-13/h2-3,6,13,15,18H,4-5,7-11H2,1H3. The van der Waals surface area contributed by atoms with Gasteiger partial charge >= 0.3 is 0 Å². The van der Waals surface area contributed by atoms with E-state index in [0.29, 0.717) is 19.2 Å². The number of nitrogens with zero attached hydrogens (tertiary/aromatic N) is 2. The van der Waals surface area contributed by atoms with Crippen LogP contribution in [0.4, 0.5) is 5.82 Å². The van der Waals surface area contributed by atoms with Gasteiger partial charge in [0.05, 0.1) is 13.2 Å². The number of methoxy groups -OCH3 is 1. The van der Waals surface area contributed by atoms with E-state index in [1.165, 1.54) is 18.4 Å². The molecule has 5 nitrogen and oxygen atoms in total. The highest BCUT2D eigenvalue weighted by Gasteiger charge is 2.30. The number of aliphatic hydroxyl groups excluding tert-OH is 1. The maximum atomic E-state index is 9.21. The molecule has 0 spiro atoms. The lowest BCUT2D eigenvalue weighted by Crippen LogP contribution is -2.31. The van der Waals surface area contributed by atoms with Crippen molar-refractivity contribution in [2.75, 3.05) is 38.3 Å². The van der Waals surface area contributed by atoms with Gasteiger partial charge in [0.2, 0.25) is 0 Å². The number of aliphatic hydroxyl groups is 1. The highest BCUT2D eigenvalue weighted by molar-refractivity contribution is 5.48. The van der Waals surface area contributed by atoms with E-state index < -0.39 is 0 Å². The topological polar surface area (TPSA) is 57.6 Å². The van der Waals surface area contributed by atoms with Gasteiger partial charge in [-0.05, 0) is 18.9 Å². The maximum Gasteiger partial charge on any atom is 0.133 e. The summed E-state index contributed by atoms with van der Waals surface area (Å²) in [6.07, 6.45) is 4.22. The van der Waals surface area contributed by atoms with Gasteiger partial charge in [0.15, 0.2) is 0 Å². The third-order valence-electron chi connectivity index (χ3n) is 3.27. The second-order valence-electron chi connectivity index (χ2n) is 4.80. The predicted octanol–water partition coefficient (Wildman–Crippen LogP) is 0.779. The molecule has 1 saturated carbocycles. The predicted molar refractivity (Wildman–Crippen MR) is 75.3 cm³/mol. The summed E-state index contributed by atoms with van der Waals surface area (Å²) >= 11 is 0. The van der Waals surface area contributed by atoms with Crippen LogP contribution in [0.25, 0.3) is 0 Å². The summed E-state index contributed by atoms with van der Waals surface area (Å²) in [5.41, 5.74) is 1.18. The van der Waals surface area contributed by atoms with Crippen molar-refractivity contribution in [1.82, 2.24) is 10.3 Å². The second kappa shape index (κ2) is 7.43. The largest absolute Gasteiger partial charge is 0.395 e. The zero-order valence-corrected chi connectivity index (χ0v) is 11.5. The summed E-state index contributed by atoms with van der Waals surface area (Å²) in [5, 5.41) is 12.6. The van der Waals surface area contributed by atoms with Crippen LogP contribution in [-0.2, 0) is 11.3 Å². The molecule has 1 aliphatic carbocycles. The van der Waals surface area contributed by atoms with Crippen LogP contribution in [0.15, 0.2) is 18.3 Å². The number of ether oxygens (including phenoxy) is 1. The molecule has 0 bridgehead atoms. The highest BCUT2D eigenvalue weighted by atomic mass is 16.5. The fourth-order valence-electron chi connectivity index (χ4n) is 2.18. The van der Waals surface area contributed by atoms with E-state index in [2.05, 4.69) is 21.3 Å². The number of hydrogen-bond acceptors (Lipinski definition) is 5. The SMILES string of the molecule is COCCNCc1cccnc1N(CCO)C1CC1. The summed E-state index contributed by atoms with van der Waals surface area (Å²) in [5.74, 6) is 1.00. The normalized spacial score (nSPS) is 14.6. The molecule has 2 N–H and O–H groups in total. The molecular weight excluding hydrogens is 242 g/mol. The van der Waals surface area contributed by atoms with E-state index in [9.17, 15) is 5.11 Å². The third kappa shape index (κ3) is 4.16. The molecule has 0 saturated heterocycles. The van der Waals surface area contributed by atoms with E-state index in [0.717, 1.165) is 18.9 Å². The van der Waals surface area contributed by atoms with Crippen LogP contribution in [0.5, 0.6) is 0 Å². The molecule has 0 aliphatic heterocycles. The monoisotopic (exact) mass is 265 g/mol. The van der Waals surface area contributed by atoms with Gasteiger partial charge in [0.1, 0.15) is 5.82 Å². The van der Waals surface area contributed by atoms with Gasteiger partial charge in [-0.3, -0.25) is 0 Å². The Balaban J connectivity index is 2.01. The number of nitrogens with one attached hydrogen (secondary N) is 1. The molecule has 0 radical (unpaired) electrons. The number of aromatic nitrogens is 1. The molecule has 0 amide bonds. The fourth-order valence-corrected chi connectivity index (χ4v) is 2.18. The quantitative estimate of drug-likeness (QED) is 0.646. The van der Waals surface area contributed by atoms with Gasteiger partial charge in [-0.2, -0.15) is 0 Å². The van der Waals surface area contributed by atoms with Crippen molar-refractivity contribution >= 4 is 5.82 Å². The second-order valence-corrected chi connectivity index (χ2v) is 4.80. The summed E-state index contributed by atoms with van der Waals surface area (Å²) < 4.78 is 5.02. The van der Waals surface area contributed by atoms with Crippen molar-refractivity contribution in [3.8, 4) is 0 Å². The van der Waals surface area contributed by atoms with E-state index in [4.69, 9.17) is 4.74 Å². The Hall–Kier alpha value is -1.17. The van der Waals surface area contributed by atoms with Crippen LogP contribution in [-0.4, -0.2) is 49.5 Å². The number of hydrogen-bond donors (Lipinski definition) is 2. The molecule has 5 heteroatoms. The first-order valence-corrected chi connectivity index (χ1v) is 6.88. The lowest BCUT2D eigenvalue weighted by Gasteiger charge is -2.25. The molecule has 0 unspecified atom stereocenters. The number of anilines is 1. The maximum absolute atomic E-state index is 9.21. The van der Waals surface area contributed by atoms with Gasteiger partial charge in [-0.1, -0.05) is 6.07 Å². The van der Waals surface area contributed by atoms with Crippen molar-refractivity contribution in [1.29, 1.82) is 0 Å². The van der Waals surface area contributed by atoms with Gasteiger partial charge in [-0.25, -0.2) is 4.98 Å². The van der Waals surface area contributed by atoms with Crippen molar-refractivity contribution in [3.05, 3.63) is 23.9 Å². The van der Waals surface area contributed by atoms with Gasteiger partial charge < -0.3 is 20.1 Å². The summed E-state index contributed by atoms with van der Waals surface area (Å²) in [4.78, 5) is 6.73. The zero-order valence-electron chi connectivity index (χ0n) is 11.5. The first-order chi connectivity index (χ1) is 9.36. The molecule has 1 aliphatic rings.